The molecule has 1 aliphatic heterocycles. The number of methoxy groups -OCH3 is 2. The fourth-order valence-electron chi connectivity index (χ4n) is 2.43. The monoisotopic (exact) mass is 265 g/mol. The number of carbonyl (C=O) groups is 1. The van der Waals surface area contributed by atoms with E-state index in [9.17, 15) is 4.79 Å². The lowest BCUT2D eigenvalue weighted by Crippen LogP contribution is -2.56. The van der Waals surface area contributed by atoms with E-state index in [2.05, 4.69) is 0 Å². The summed E-state index contributed by atoms with van der Waals surface area (Å²) >= 11 is 0. The van der Waals surface area contributed by atoms with E-state index in [4.69, 9.17) is 19.9 Å². The van der Waals surface area contributed by atoms with Crippen molar-refractivity contribution < 1.29 is 19.0 Å². The van der Waals surface area contributed by atoms with E-state index in [1.807, 2.05) is 19.9 Å². The van der Waals surface area contributed by atoms with E-state index in [1.54, 1.807) is 14.2 Å². The summed E-state index contributed by atoms with van der Waals surface area (Å²) in [6.07, 6.45) is 0. The first-order valence-electron chi connectivity index (χ1n) is 6.08. The van der Waals surface area contributed by atoms with Crippen molar-refractivity contribution in [1.82, 2.24) is 0 Å². The maximum atomic E-state index is 11.8. The smallest absolute Gasteiger partial charge is 0.232 e. The van der Waals surface area contributed by atoms with Gasteiger partial charge in [0.1, 0.15) is 16.9 Å². The molecule has 1 amide bonds. The van der Waals surface area contributed by atoms with Crippen LogP contribution in [0.1, 0.15) is 16.7 Å². The molecule has 0 saturated carbocycles. The number of nitrogens with two attached hydrogens (primary N) is 1. The highest BCUT2D eigenvalue weighted by molar-refractivity contribution is 5.89. The van der Waals surface area contributed by atoms with E-state index in [-0.39, 0.29) is 13.2 Å². The van der Waals surface area contributed by atoms with Crippen molar-refractivity contribution in [3.05, 3.63) is 22.8 Å². The quantitative estimate of drug-likeness (QED) is 0.884. The molecule has 1 aromatic carbocycles. The van der Waals surface area contributed by atoms with Crippen LogP contribution in [0.25, 0.3) is 0 Å². The number of benzene rings is 1. The van der Waals surface area contributed by atoms with E-state index < -0.39 is 11.3 Å². The van der Waals surface area contributed by atoms with Crippen molar-refractivity contribution in [2.24, 2.45) is 5.73 Å². The van der Waals surface area contributed by atoms with E-state index in [1.165, 1.54) is 0 Å². The molecule has 2 rings (SSSR count). The molecule has 19 heavy (non-hydrogen) atoms. The van der Waals surface area contributed by atoms with Gasteiger partial charge in [-0.1, -0.05) is 0 Å². The minimum atomic E-state index is -0.808. The van der Waals surface area contributed by atoms with Crippen LogP contribution in [0, 0.1) is 13.8 Å². The molecule has 0 atom stereocenters. The Balaban J connectivity index is 2.68. The Morgan fingerprint density at radius 1 is 1.26 bits per heavy atom. The Morgan fingerprint density at radius 3 is 2.26 bits per heavy atom. The Kier molecular flexibility index (Phi) is 3.41. The molecule has 0 unspecified atom stereocenters. The second-order valence-electron chi connectivity index (χ2n) is 4.85. The lowest BCUT2D eigenvalue weighted by atomic mass is 9.76. The van der Waals surface area contributed by atoms with Gasteiger partial charge in [-0.05, 0) is 31.0 Å². The molecule has 0 aliphatic carbocycles. The number of carbonyl (C=O) groups excluding carboxylic acids is 1. The first kappa shape index (κ1) is 13.7. The normalized spacial score (nSPS) is 16.6. The van der Waals surface area contributed by atoms with Crippen LogP contribution in [0.3, 0.4) is 0 Å². The van der Waals surface area contributed by atoms with Gasteiger partial charge in [0.05, 0.1) is 27.4 Å². The van der Waals surface area contributed by atoms with Crippen LogP contribution < -0.4 is 15.2 Å². The van der Waals surface area contributed by atoms with Gasteiger partial charge in [-0.2, -0.15) is 0 Å². The summed E-state index contributed by atoms with van der Waals surface area (Å²) in [5.74, 6) is 1.00. The first-order chi connectivity index (χ1) is 8.97. The summed E-state index contributed by atoms with van der Waals surface area (Å²) in [5.41, 5.74) is 7.43. The number of ether oxygens (including phenoxy) is 3. The molecule has 0 spiro atoms. The molecule has 0 aromatic heterocycles. The number of amides is 1. The largest absolute Gasteiger partial charge is 0.496 e. The highest BCUT2D eigenvalue weighted by atomic mass is 16.5. The SMILES string of the molecule is COc1cc(C2(C(N)=O)COC2)c(OC)c(C)c1C. The predicted octanol–water partition coefficient (Wildman–Crippen LogP) is 1.07. The molecule has 0 radical (unpaired) electrons. The van der Waals surface area contributed by atoms with Crippen molar-refractivity contribution in [3.63, 3.8) is 0 Å². The minimum absolute atomic E-state index is 0.282. The highest BCUT2D eigenvalue weighted by Gasteiger charge is 2.48. The molecular formula is C14H19NO4. The van der Waals surface area contributed by atoms with Crippen LogP contribution in [0.4, 0.5) is 0 Å². The van der Waals surface area contributed by atoms with Gasteiger partial charge in [0.2, 0.25) is 5.91 Å². The van der Waals surface area contributed by atoms with E-state index >= 15 is 0 Å². The molecule has 1 aromatic rings. The van der Waals surface area contributed by atoms with Crippen LogP contribution in [-0.4, -0.2) is 33.3 Å². The molecule has 0 bridgehead atoms. The van der Waals surface area contributed by atoms with Gasteiger partial charge in [-0.3, -0.25) is 4.79 Å². The van der Waals surface area contributed by atoms with Crippen LogP contribution in [-0.2, 0) is 14.9 Å². The van der Waals surface area contributed by atoms with Gasteiger partial charge in [0, 0.05) is 5.56 Å². The molecule has 5 heteroatoms. The lowest BCUT2D eigenvalue weighted by Gasteiger charge is -2.40. The molecule has 1 heterocycles. The summed E-state index contributed by atoms with van der Waals surface area (Å²) in [4.78, 5) is 11.8. The molecule has 1 fully saturated rings. The summed E-state index contributed by atoms with van der Waals surface area (Å²) in [6, 6.07) is 1.83. The van der Waals surface area contributed by atoms with Crippen LogP contribution in [0.5, 0.6) is 11.5 Å². The predicted molar refractivity (Wildman–Crippen MR) is 70.7 cm³/mol. The maximum Gasteiger partial charge on any atom is 0.232 e. The van der Waals surface area contributed by atoms with E-state index in [0.717, 1.165) is 22.4 Å². The number of hydrogen-bond acceptors (Lipinski definition) is 4. The zero-order chi connectivity index (χ0) is 14.2. The number of rotatable bonds is 4. The molecule has 1 aliphatic rings. The second-order valence-corrected chi connectivity index (χ2v) is 4.85. The second kappa shape index (κ2) is 4.74. The van der Waals surface area contributed by atoms with Crippen molar-refractivity contribution in [1.29, 1.82) is 0 Å². The van der Waals surface area contributed by atoms with Gasteiger partial charge >= 0.3 is 0 Å². The summed E-state index contributed by atoms with van der Waals surface area (Å²) in [7, 11) is 3.19. The van der Waals surface area contributed by atoms with E-state index in [0.29, 0.717) is 5.75 Å². The third-order valence-electron chi connectivity index (χ3n) is 3.90. The Morgan fingerprint density at radius 2 is 1.89 bits per heavy atom. The topological polar surface area (TPSA) is 70.8 Å². The maximum absolute atomic E-state index is 11.8. The third kappa shape index (κ3) is 1.85. The first-order valence-corrected chi connectivity index (χ1v) is 6.08. The third-order valence-corrected chi connectivity index (χ3v) is 3.90. The summed E-state index contributed by atoms with van der Waals surface area (Å²) < 4.78 is 16.0. The van der Waals surface area contributed by atoms with Gasteiger partial charge in [-0.25, -0.2) is 0 Å². The highest BCUT2D eigenvalue weighted by Crippen LogP contribution is 2.43. The molecule has 1 saturated heterocycles. The van der Waals surface area contributed by atoms with Gasteiger partial charge < -0.3 is 19.9 Å². The molecular weight excluding hydrogens is 246 g/mol. The lowest BCUT2D eigenvalue weighted by molar-refractivity contribution is -0.141. The minimum Gasteiger partial charge on any atom is -0.496 e. The van der Waals surface area contributed by atoms with Gasteiger partial charge in [-0.15, -0.1) is 0 Å². The summed E-state index contributed by atoms with van der Waals surface area (Å²) in [6.45, 7) is 4.46. The summed E-state index contributed by atoms with van der Waals surface area (Å²) in [5, 5.41) is 0. The zero-order valence-corrected chi connectivity index (χ0v) is 11.7. The number of hydrogen-bond donors (Lipinski definition) is 1. The van der Waals surface area contributed by atoms with Crippen LogP contribution >= 0.6 is 0 Å². The fourth-order valence-corrected chi connectivity index (χ4v) is 2.43. The molecule has 2 N–H and O–H groups in total. The van der Waals surface area contributed by atoms with Crippen LogP contribution in [0.15, 0.2) is 6.07 Å². The molecule has 5 nitrogen and oxygen atoms in total. The van der Waals surface area contributed by atoms with Crippen LogP contribution in [0.2, 0.25) is 0 Å². The van der Waals surface area contributed by atoms with Crippen molar-refractivity contribution in [3.8, 4) is 11.5 Å². The average Bonchev–Trinajstić information content (AvgIpc) is 2.31. The Labute approximate surface area is 112 Å². The van der Waals surface area contributed by atoms with Crippen molar-refractivity contribution >= 4 is 5.91 Å². The molecule has 104 valence electrons. The van der Waals surface area contributed by atoms with Crippen molar-refractivity contribution in [2.75, 3.05) is 27.4 Å². The Hall–Kier alpha value is -1.75. The zero-order valence-electron chi connectivity index (χ0n) is 11.7. The number of primary amides is 1. The average molecular weight is 265 g/mol. The Bertz CT molecular complexity index is 521. The fraction of sp³-hybridized carbons (Fsp3) is 0.500. The van der Waals surface area contributed by atoms with Gasteiger partial charge in [0.15, 0.2) is 0 Å². The van der Waals surface area contributed by atoms with Crippen molar-refractivity contribution in [2.45, 2.75) is 19.3 Å². The standard InChI is InChI=1S/C14H19NO4/c1-8-9(2)12(18-4)10(5-11(8)17-3)14(13(15)16)6-19-7-14/h5H,6-7H2,1-4H3,(H2,15,16). The van der Waals surface area contributed by atoms with Gasteiger partial charge in [0.25, 0.3) is 0 Å².